The molecule has 0 fully saturated rings. The molecule has 94 valence electrons. The Morgan fingerprint density at radius 1 is 1.19 bits per heavy atom. The van der Waals surface area contributed by atoms with Crippen molar-refractivity contribution in [1.29, 1.82) is 0 Å². The number of imidazole rings is 1. The number of halogens is 1. The summed E-state index contributed by atoms with van der Waals surface area (Å²) >= 11 is 0. The minimum atomic E-state index is -4.94. The number of rotatable bonds is 4. The van der Waals surface area contributed by atoms with Crippen LogP contribution < -0.4 is 23.2 Å². The zero-order valence-electron chi connectivity index (χ0n) is 9.47. The summed E-state index contributed by atoms with van der Waals surface area (Å²) in [7, 11) is -2.89. The van der Waals surface area contributed by atoms with Crippen molar-refractivity contribution in [2.24, 2.45) is 7.05 Å². The van der Waals surface area contributed by atoms with Crippen molar-refractivity contribution in [1.82, 2.24) is 4.57 Å². The van der Waals surface area contributed by atoms with Crippen molar-refractivity contribution in [3.05, 3.63) is 18.7 Å². The van der Waals surface area contributed by atoms with E-state index in [9.17, 15) is 0 Å². The Hall–Kier alpha value is -0.660. The van der Waals surface area contributed by atoms with Gasteiger partial charge in [-0.25, -0.2) is 27.8 Å². The van der Waals surface area contributed by atoms with Gasteiger partial charge in [-0.05, 0) is 12.8 Å². The molecule has 0 bridgehead atoms. The predicted octanol–water partition coefficient (Wildman–Crippen LogP) is -3.25. The fourth-order valence-electron chi connectivity index (χ4n) is 1.18. The van der Waals surface area contributed by atoms with Crippen LogP contribution in [-0.2, 0) is 13.6 Å². The number of aryl methyl sites for hydroxylation is 2. The smallest absolute Gasteiger partial charge is 0.240 e. The van der Waals surface area contributed by atoms with Gasteiger partial charge in [-0.2, -0.15) is 0 Å². The molecule has 0 aromatic carbocycles. The molecular formula is C9H17ClN2O4. The predicted molar refractivity (Wildman–Crippen MR) is 45.1 cm³/mol. The number of unbranched alkanes of at least 4 members (excludes halogenated alkanes) is 2. The SMILES string of the molecule is CCCCCn1cc[n+](C)c1.[O-][Cl+3]([O-])([O-])[O-]. The van der Waals surface area contributed by atoms with Crippen molar-refractivity contribution < 1.29 is 33.4 Å². The molecule has 1 rings (SSSR count). The minimum absolute atomic E-state index is 1.16. The van der Waals surface area contributed by atoms with Crippen molar-refractivity contribution >= 4 is 0 Å². The van der Waals surface area contributed by atoms with Crippen LogP contribution in [0, 0.1) is 10.2 Å². The second kappa shape index (κ2) is 7.59. The van der Waals surface area contributed by atoms with E-state index in [1.54, 1.807) is 0 Å². The zero-order chi connectivity index (χ0) is 12.6. The fraction of sp³-hybridized carbons (Fsp3) is 0.667. The molecule has 0 N–H and O–H groups in total. The lowest BCUT2D eigenvalue weighted by molar-refractivity contribution is -2.00. The molecule has 0 radical (unpaired) electrons. The van der Waals surface area contributed by atoms with Gasteiger partial charge in [0.1, 0.15) is 12.4 Å². The Morgan fingerprint density at radius 3 is 2.12 bits per heavy atom. The van der Waals surface area contributed by atoms with Gasteiger partial charge in [-0.3, -0.25) is 0 Å². The molecule has 0 unspecified atom stereocenters. The van der Waals surface area contributed by atoms with Gasteiger partial charge in [0.15, 0.2) is 0 Å². The lowest BCUT2D eigenvalue weighted by atomic mass is 10.2. The van der Waals surface area contributed by atoms with Gasteiger partial charge in [-0.15, -0.1) is 10.2 Å². The van der Waals surface area contributed by atoms with E-state index >= 15 is 0 Å². The molecule has 0 saturated carbocycles. The minimum Gasteiger partial charge on any atom is -0.240 e. The number of aromatic nitrogens is 2. The molecule has 0 aliphatic rings. The standard InChI is InChI=1S/C9H17N2.ClHO4/c1-3-4-5-6-11-8-7-10(2)9-11;2-1(3,4)5/h7-9H,3-6H2,1-2H3;(H,2,3,4,5)/q+1;/p-1. The maximum absolute atomic E-state index is 8.49. The Bertz CT molecular complexity index is 279. The van der Waals surface area contributed by atoms with Gasteiger partial charge in [0, 0.05) is 0 Å². The fourth-order valence-corrected chi connectivity index (χ4v) is 1.18. The van der Waals surface area contributed by atoms with E-state index in [0.29, 0.717) is 0 Å². The molecule has 1 heterocycles. The van der Waals surface area contributed by atoms with Gasteiger partial charge in [-0.1, -0.05) is 13.3 Å². The first kappa shape index (κ1) is 15.3. The van der Waals surface area contributed by atoms with E-state index in [1.807, 2.05) is 0 Å². The maximum atomic E-state index is 8.49. The van der Waals surface area contributed by atoms with Crippen LogP contribution in [-0.4, -0.2) is 4.57 Å². The summed E-state index contributed by atoms with van der Waals surface area (Å²) in [6, 6.07) is 0. The van der Waals surface area contributed by atoms with Gasteiger partial charge < -0.3 is 0 Å². The van der Waals surface area contributed by atoms with E-state index < -0.39 is 10.2 Å². The second-order valence-corrected chi connectivity index (χ2v) is 4.16. The van der Waals surface area contributed by atoms with Crippen molar-refractivity contribution in [3.8, 4) is 0 Å². The summed E-state index contributed by atoms with van der Waals surface area (Å²) < 4.78 is 38.3. The average molecular weight is 253 g/mol. The summed E-state index contributed by atoms with van der Waals surface area (Å²) in [6.07, 6.45) is 10.2. The van der Waals surface area contributed by atoms with Crippen molar-refractivity contribution in [3.63, 3.8) is 0 Å². The third-order valence-electron chi connectivity index (χ3n) is 1.84. The monoisotopic (exact) mass is 252 g/mol. The molecular weight excluding hydrogens is 236 g/mol. The third-order valence-corrected chi connectivity index (χ3v) is 1.84. The summed E-state index contributed by atoms with van der Waals surface area (Å²) in [5.74, 6) is 0. The normalized spacial score (nSPS) is 10.9. The topological polar surface area (TPSA) is 101 Å². The van der Waals surface area contributed by atoms with E-state index in [0.717, 1.165) is 6.54 Å². The Morgan fingerprint density at radius 2 is 1.75 bits per heavy atom. The van der Waals surface area contributed by atoms with E-state index in [1.165, 1.54) is 19.3 Å². The highest BCUT2D eigenvalue weighted by molar-refractivity contribution is 4.65. The van der Waals surface area contributed by atoms with Crippen LogP contribution in [0.4, 0.5) is 0 Å². The highest BCUT2D eigenvalue weighted by Crippen LogP contribution is 1.96. The lowest BCUT2D eigenvalue weighted by Crippen LogP contribution is -2.68. The van der Waals surface area contributed by atoms with Crippen LogP contribution in [0.2, 0.25) is 0 Å². The van der Waals surface area contributed by atoms with E-state index in [-0.39, 0.29) is 0 Å². The summed E-state index contributed by atoms with van der Waals surface area (Å²) in [6.45, 7) is 3.39. The Balaban J connectivity index is 0.000000385. The molecule has 1 aromatic heterocycles. The molecule has 0 aliphatic heterocycles. The zero-order valence-corrected chi connectivity index (χ0v) is 10.2. The van der Waals surface area contributed by atoms with E-state index in [2.05, 4.69) is 41.8 Å². The van der Waals surface area contributed by atoms with Crippen LogP contribution in [0.15, 0.2) is 18.7 Å². The first-order chi connectivity index (χ1) is 7.33. The molecule has 6 nitrogen and oxygen atoms in total. The molecule has 0 amide bonds. The van der Waals surface area contributed by atoms with Gasteiger partial charge in [0.25, 0.3) is 0 Å². The average Bonchev–Trinajstić information content (AvgIpc) is 2.49. The van der Waals surface area contributed by atoms with Gasteiger partial charge in [0.2, 0.25) is 6.33 Å². The maximum Gasteiger partial charge on any atom is 0.243 e. The number of hydrogen-bond acceptors (Lipinski definition) is 4. The number of hydrogen-bond donors (Lipinski definition) is 0. The summed E-state index contributed by atoms with van der Waals surface area (Å²) in [4.78, 5) is 0. The van der Waals surface area contributed by atoms with Crippen LogP contribution >= 0.6 is 0 Å². The molecule has 0 atom stereocenters. The summed E-state index contributed by atoms with van der Waals surface area (Å²) in [5.41, 5.74) is 0. The molecule has 0 saturated heterocycles. The first-order valence-corrected chi connectivity index (χ1v) is 6.19. The quantitative estimate of drug-likeness (QED) is 0.415. The first-order valence-electron chi connectivity index (χ1n) is 4.95. The third kappa shape index (κ3) is 11.4. The molecule has 7 heteroatoms. The van der Waals surface area contributed by atoms with Gasteiger partial charge >= 0.3 is 0 Å². The van der Waals surface area contributed by atoms with Gasteiger partial charge in [0.05, 0.1) is 13.6 Å². The highest BCUT2D eigenvalue weighted by Gasteiger charge is 1.97. The molecule has 0 spiro atoms. The van der Waals surface area contributed by atoms with Crippen molar-refractivity contribution in [2.75, 3.05) is 0 Å². The highest BCUT2D eigenvalue weighted by atomic mass is 35.7. The number of nitrogens with zero attached hydrogens (tertiary/aromatic N) is 2. The second-order valence-electron chi connectivity index (χ2n) is 3.40. The van der Waals surface area contributed by atoms with Crippen molar-refractivity contribution in [2.45, 2.75) is 32.7 Å². The Labute approximate surface area is 97.1 Å². The summed E-state index contributed by atoms with van der Waals surface area (Å²) in [5, 5.41) is 0. The van der Waals surface area contributed by atoms with E-state index in [4.69, 9.17) is 18.6 Å². The van der Waals surface area contributed by atoms with Crippen LogP contribution in [0.3, 0.4) is 0 Å². The van der Waals surface area contributed by atoms with Crippen LogP contribution in [0.5, 0.6) is 0 Å². The lowest BCUT2D eigenvalue weighted by Gasteiger charge is -2.17. The largest absolute Gasteiger partial charge is 0.243 e. The molecule has 0 aliphatic carbocycles. The van der Waals surface area contributed by atoms with Crippen LogP contribution in [0.1, 0.15) is 26.2 Å². The van der Waals surface area contributed by atoms with Crippen LogP contribution in [0.25, 0.3) is 0 Å². The molecule has 16 heavy (non-hydrogen) atoms. The molecule has 1 aromatic rings. The Kier molecular flexibility index (Phi) is 7.27.